The van der Waals surface area contributed by atoms with Gasteiger partial charge in [-0.3, -0.25) is 0 Å². The predicted octanol–water partition coefficient (Wildman–Crippen LogP) is 4.01. The molecule has 2 heterocycles. The standard InChI is InChI=1S/C15H12BrN3/c1-11-10-13(12-6-3-2-4-7-12)19(18-11)15-9-5-8-14(16)17-15/h2-10H,1H3. The number of pyridine rings is 1. The van der Waals surface area contributed by atoms with Crippen LogP contribution in [0.3, 0.4) is 0 Å². The summed E-state index contributed by atoms with van der Waals surface area (Å²) in [7, 11) is 0. The van der Waals surface area contributed by atoms with Crippen LogP contribution in [0.5, 0.6) is 0 Å². The monoisotopic (exact) mass is 313 g/mol. The van der Waals surface area contributed by atoms with Crippen molar-refractivity contribution in [2.45, 2.75) is 6.92 Å². The number of rotatable bonds is 2. The van der Waals surface area contributed by atoms with Crippen LogP contribution in [0.25, 0.3) is 17.1 Å². The predicted molar refractivity (Wildman–Crippen MR) is 79.2 cm³/mol. The summed E-state index contributed by atoms with van der Waals surface area (Å²) in [5.41, 5.74) is 3.15. The van der Waals surface area contributed by atoms with Gasteiger partial charge in [0.1, 0.15) is 4.60 Å². The van der Waals surface area contributed by atoms with Gasteiger partial charge in [-0.05, 0) is 41.1 Å². The minimum absolute atomic E-state index is 0.803. The molecule has 2 aromatic heterocycles. The molecule has 3 aromatic rings. The Bertz CT molecular complexity index is 704. The van der Waals surface area contributed by atoms with Crippen molar-refractivity contribution in [3.8, 4) is 17.1 Å². The molecular weight excluding hydrogens is 302 g/mol. The van der Waals surface area contributed by atoms with E-state index in [9.17, 15) is 0 Å². The van der Waals surface area contributed by atoms with Crippen molar-refractivity contribution in [2.24, 2.45) is 0 Å². The Hall–Kier alpha value is -1.94. The Morgan fingerprint density at radius 3 is 2.53 bits per heavy atom. The highest BCUT2D eigenvalue weighted by Crippen LogP contribution is 2.23. The summed E-state index contributed by atoms with van der Waals surface area (Å²) in [6.45, 7) is 1.99. The number of benzene rings is 1. The number of aromatic nitrogens is 3. The van der Waals surface area contributed by atoms with E-state index in [4.69, 9.17) is 0 Å². The Balaban J connectivity index is 2.18. The molecule has 0 fully saturated rings. The number of hydrogen-bond acceptors (Lipinski definition) is 2. The smallest absolute Gasteiger partial charge is 0.155 e. The van der Waals surface area contributed by atoms with E-state index in [0.29, 0.717) is 0 Å². The second kappa shape index (κ2) is 4.97. The van der Waals surface area contributed by atoms with Gasteiger partial charge in [0.2, 0.25) is 0 Å². The fourth-order valence-electron chi connectivity index (χ4n) is 2.00. The lowest BCUT2D eigenvalue weighted by molar-refractivity contribution is 0.836. The second-order valence-electron chi connectivity index (χ2n) is 4.27. The van der Waals surface area contributed by atoms with E-state index in [0.717, 1.165) is 27.4 Å². The topological polar surface area (TPSA) is 30.7 Å². The lowest BCUT2D eigenvalue weighted by atomic mass is 10.1. The lowest BCUT2D eigenvalue weighted by Gasteiger charge is -2.06. The Kier molecular flexibility index (Phi) is 3.17. The molecule has 94 valence electrons. The minimum Gasteiger partial charge on any atom is -0.222 e. The first kappa shape index (κ1) is 12.1. The van der Waals surface area contributed by atoms with Crippen molar-refractivity contribution in [3.63, 3.8) is 0 Å². The van der Waals surface area contributed by atoms with Crippen molar-refractivity contribution in [1.82, 2.24) is 14.8 Å². The summed E-state index contributed by atoms with van der Waals surface area (Å²) in [5, 5.41) is 4.53. The van der Waals surface area contributed by atoms with E-state index >= 15 is 0 Å². The molecule has 1 aromatic carbocycles. The van der Waals surface area contributed by atoms with Crippen molar-refractivity contribution in [2.75, 3.05) is 0 Å². The van der Waals surface area contributed by atoms with Crippen LogP contribution >= 0.6 is 15.9 Å². The molecule has 0 N–H and O–H groups in total. The maximum absolute atomic E-state index is 4.53. The largest absolute Gasteiger partial charge is 0.222 e. The third-order valence-electron chi connectivity index (χ3n) is 2.82. The zero-order valence-electron chi connectivity index (χ0n) is 10.4. The van der Waals surface area contributed by atoms with E-state index in [1.54, 1.807) is 0 Å². The molecule has 0 saturated carbocycles. The molecule has 0 saturated heterocycles. The number of hydrogen-bond donors (Lipinski definition) is 0. The van der Waals surface area contributed by atoms with Crippen LogP contribution in [0.1, 0.15) is 5.69 Å². The zero-order chi connectivity index (χ0) is 13.2. The number of halogens is 1. The molecule has 3 rings (SSSR count). The molecule has 0 atom stereocenters. The third kappa shape index (κ3) is 2.44. The molecule has 0 amide bonds. The van der Waals surface area contributed by atoms with Crippen molar-refractivity contribution >= 4 is 15.9 Å². The first-order valence-corrected chi connectivity index (χ1v) is 6.78. The van der Waals surface area contributed by atoms with Gasteiger partial charge in [0.05, 0.1) is 11.4 Å². The van der Waals surface area contributed by atoms with Gasteiger partial charge in [0, 0.05) is 5.56 Å². The van der Waals surface area contributed by atoms with E-state index < -0.39 is 0 Å². The van der Waals surface area contributed by atoms with Crippen molar-refractivity contribution < 1.29 is 0 Å². The fraction of sp³-hybridized carbons (Fsp3) is 0.0667. The summed E-state index contributed by atoms with van der Waals surface area (Å²) in [6, 6.07) is 18.1. The van der Waals surface area contributed by atoms with Gasteiger partial charge in [-0.2, -0.15) is 5.10 Å². The van der Waals surface area contributed by atoms with E-state index in [1.165, 1.54) is 0 Å². The molecule has 0 aliphatic carbocycles. The zero-order valence-corrected chi connectivity index (χ0v) is 12.0. The van der Waals surface area contributed by atoms with E-state index in [2.05, 4.69) is 44.2 Å². The summed E-state index contributed by atoms with van der Waals surface area (Å²) < 4.78 is 2.67. The first-order valence-electron chi connectivity index (χ1n) is 5.99. The molecule has 0 bridgehead atoms. The highest BCUT2D eigenvalue weighted by atomic mass is 79.9. The summed E-state index contributed by atoms with van der Waals surface area (Å²) in [5.74, 6) is 0.807. The van der Waals surface area contributed by atoms with Crippen LogP contribution in [0.4, 0.5) is 0 Å². The highest BCUT2D eigenvalue weighted by Gasteiger charge is 2.10. The lowest BCUT2D eigenvalue weighted by Crippen LogP contribution is -2.01. The highest BCUT2D eigenvalue weighted by molar-refractivity contribution is 9.10. The second-order valence-corrected chi connectivity index (χ2v) is 5.08. The molecule has 0 spiro atoms. The maximum Gasteiger partial charge on any atom is 0.155 e. The minimum atomic E-state index is 0.803. The van der Waals surface area contributed by atoms with Gasteiger partial charge in [-0.15, -0.1) is 0 Å². The third-order valence-corrected chi connectivity index (χ3v) is 3.26. The first-order chi connectivity index (χ1) is 9.24. The Labute approximate surface area is 120 Å². The molecule has 0 aliphatic rings. The van der Waals surface area contributed by atoms with E-state index in [1.807, 2.05) is 48.0 Å². The van der Waals surface area contributed by atoms with Crippen LogP contribution in [0.15, 0.2) is 59.2 Å². The summed E-state index contributed by atoms with van der Waals surface area (Å²) in [4.78, 5) is 4.46. The molecular formula is C15H12BrN3. The van der Waals surface area contributed by atoms with Crippen LogP contribution < -0.4 is 0 Å². The van der Waals surface area contributed by atoms with Gasteiger partial charge >= 0.3 is 0 Å². The average Bonchev–Trinajstić information content (AvgIpc) is 2.82. The Morgan fingerprint density at radius 1 is 1.00 bits per heavy atom. The summed E-state index contributed by atoms with van der Waals surface area (Å²) >= 11 is 3.39. The molecule has 4 heteroatoms. The molecule has 0 radical (unpaired) electrons. The van der Waals surface area contributed by atoms with Gasteiger partial charge in [-0.1, -0.05) is 36.4 Å². The van der Waals surface area contributed by atoms with Crippen LogP contribution in [0, 0.1) is 6.92 Å². The number of nitrogens with zero attached hydrogens (tertiary/aromatic N) is 3. The average molecular weight is 314 g/mol. The molecule has 3 nitrogen and oxygen atoms in total. The van der Waals surface area contributed by atoms with E-state index in [-0.39, 0.29) is 0 Å². The van der Waals surface area contributed by atoms with Gasteiger partial charge in [0.15, 0.2) is 5.82 Å². The van der Waals surface area contributed by atoms with Gasteiger partial charge in [-0.25, -0.2) is 9.67 Å². The fourth-order valence-corrected chi connectivity index (χ4v) is 2.34. The SMILES string of the molecule is Cc1cc(-c2ccccc2)n(-c2cccc(Br)n2)n1. The van der Waals surface area contributed by atoms with Crippen molar-refractivity contribution in [1.29, 1.82) is 0 Å². The normalized spacial score (nSPS) is 10.6. The van der Waals surface area contributed by atoms with Crippen molar-refractivity contribution in [3.05, 3.63) is 64.9 Å². The molecule has 0 aliphatic heterocycles. The molecule has 0 unspecified atom stereocenters. The maximum atomic E-state index is 4.53. The summed E-state index contributed by atoms with van der Waals surface area (Å²) in [6.07, 6.45) is 0. The van der Waals surface area contributed by atoms with Crippen LogP contribution in [-0.2, 0) is 0 Å². The van der Waals surface area contributed by atoms with Gasteiger partial charge < -0.3 is 0 Å². The molecule has 19 heavy (non-hydrogen) atoms. The van der Waals surface area contributed by atoms with Crippen LogP contribution in [0.2, 0.25) is 0 Å². The quantitative estimate of drug-likeness (QED) is 0.669. The number of aryl methyl sites for hydroxylation is 1. The van der Waals surface area contributed by atoms with Gasteiger partial charge in [0.25, 0.3) is 0 Å². The Morgan fingerprint density at radius 2 is 1.79 bits per heavy atom. The van der Waals surface area contributed by atoms with Crippen LogP contribution in [-0.4, -0.2) is 14.8 Å².